The number of hydrogen-bond acceptors (Lipinski definition) is 2. The lowest BCUT2D eigenvalue weighted by Crippen LogP contribution is -2.48. The number of benzene rings is 2. The molecule has 0 saturated carbocycles. The zero-order chi connectivity index (χ0) is 17.9. The first kappa shape index (κ1) is 16.8. The van der Waals surface area contributed by atoms with E-state index in [-0.39, 0.29) is 17.8 Å². The maximum atomic E-state index is 13.1. The van der Waals surface area contributed by atoms with Crippen molar-refractivity contribution < 1.29 is 9.18 Å². The summed E-state index contributed by atoms with van der Waals surface area (Å²) in [6.45, 7) is 2.10. The van der Waals surface area contributed by atoms with Crippen molar-refractivity contribution in [2.75, 3.05) is 19.6 Å². The lowest BCUT2D eigenvalue weighted by molar-refractivity contribution is -0.132. The van der Waals surface area contributed by atoms with Crippen molar-refractivity contribution in [1.29, 1.82) is 0 Å². The van der Waals surface area contributed by atoms with Crippen molar-refractivity contribution >= 4 is 16.8 Å². The Morgan fingerprint density at radius 1 is 1.15 bits per heavy atom. The summed E-state index contributed by atoms with van der Waals surface area (Å²) < 4.78 is 13.1. The van der Waals surface area contributed by atoms with Crippen LogP contribution in [0.4, 0.5) is 4.39 Å². The van der Waals surface area contributed by atoms with Gasteiger partial charge >= 0.3 is 0 Å². The van der Waals surface area contributed by atoms with E-state index in [4.69, 9.17) is 0 Å². The molecule has 26 heavy (non-hydrogen) atoms. The molecule has 2 aromatic carbocycles. The molecule has 0 bridgehead atoms. The first-order valence-corrected chi connectivity index (χ1v) is 9.02. The topological polar surface area (TPSA) is 48.1 Å². The molecule has 1 aromatic heterocycles. The largest absolute Gasteiger partial charge is 0.361 e. The van der Waals surface area contributed by atoms with E-state index in [2.05, 4.69) is 28.5 Å². The molecule has 134 valence electrons. The molecule has 1 amide bonds. The molecule has 3 aromatic rings. The predicted octanol–water partition coefficient (Wildman–Crippen LogP) is 3.41. The molecule has 1 saturated heterocycles. The van der Waals surface area contributed by atoms with Gasteiger partial charge in [0.1, 0.15) is 5.82 Å². The second-order valence-corrected chi connectivity index (χ2v) is 6.80. The van der Waals surface area contributed by atoms with E-state index in [1.165, 1.54) is 23.1 Å². The number of halogens is 1. The van der Waals surface area contributed by atoms with Gasteiger partial charge in [-0.15, -0.1) is 0 Å². The predicted molar refractivity (Wildman–Crippen MR) is 100 cm³/mol. The SMILES string of the molecule is O=C(CCc1ccc2[nH]ccc2c1)N1CCNC(c2ccc(F)cc2)C1. The highest BCUT2D eigenvalue weighted by atomic mass is 19.1. The van der Waals surface area contributed by atoms with E-state index < -0.39 is 0 Å². The summed E-state index contributed by atoms with van der Waals surface area (Å²) in [5.41, 5.74) is 3.31. The number of fused-ring (bicyclic) bond motifs is 1. The Hall–Kier alpha value is -2.66. The molecular weight excluding hydrogens is 329 g/mol. The molecule has 1 fully saturated rings. The summed E-state index contributed by atoms with van der Waals surface area (Å²) in [5, 5.41) is 4.59. The van der Waals surface area contributed by atoms with Gasteiger partial charge in [-0.3, -0.25) is 4.79 Å². The van der Waals surface area contributed by atoms with Crippen LogP contribution in [-0.4, -0.2) is 35.4 Å². The number of aromatic amines is 1. The van der Waals surface area contributed by atoms with Crippen molar-refractivity contribution in [1.82, 2.24) is 15.2 Å². The quantitative estimate of drug-likeness (QED) is 0.757. The summed E-state index contributed by atoms with van der Waals surface area (Å²) >= 11 is 0. The molecule has 2 N–H and O–H groups in total. The van der Waals surface area contributed by atoms with E-state index in [0.717, 1.165) is 24.0 Å². The number of aromatic nitrogens is 1. The zero-order valence-corrected chi connectivity index (χ0v) is 14.5. The molecule has 0 radical (unpaired) electrons. The maximum Gasteiger partial charge on any atom is 0.223 e. The van der Waals surface area contributed by atoms with Crippen LogP contribution >= 0.6 is 0 Å². The number of rotatable bonds is 4. The number of aryl methyl sites for hydroxylation is 1. The van der Waals surface area contributed by atoms with Crippen LogP contribution in [0.25, 0.3) is 10.9 Å². The monoisotopic (exact) mass is 351 g/mol. The van der Waals surface area contributed by atoms with Gasteiger partial charge in [-0.2, -0.15) is 0 Å². The van der Waals surface area contributed by atoms with Crippen LogP contribution in [-0.2, 0) is 11.2 Å². The minimum absolute atomic E-state index is 0.0597. The van der Waals surface area contributed by atoms with Crippen molar-refractivity contribution in [3.05, 3.63) is 71.7 Å². The number of carbonyl (C=O) groups excluding carboxylic acids is 1. The van der Waals surface area contributed by atoms with E-state index in [0.29, 0.717) is 19.5 Å². The number of nitrogens with zero attached hydrogens (tertiary/aromatic N) is 1. The maximum absolute atomic E-state index is 13.1. The number of hydrogen-bond donors (Lipinski definition) is 2. The Labute approximate surface area is 152 Å². The number of nitrogens with one attached hydrogen (secondary N) is 2. The highest BCUT2D eigenvalue weighted by Crippen LogP contribution is 2.19. The summed E-state index contributed by atoms with van der Waals surface area (Å²) in [6, 6.07) is 14.9. The van der Waals surface area contributed by atoms with Crippen molar-refractivity contribution in [3.63, 3.8) is 0 Å². The summed E-state index contributed by atoms with van der Waals surface area (Å²) in [7, 11) is 0. The molecule has 1 aliphatic rings. The van der Waals surface area contributed by atoms with Crippen LogP contribution in [0.1, 0.15) is 23.6 Å². The average Bonchev–Trinajstić information content (AvgIpc) is 3.14. The molecule has 0 aliphatic carbocycles. The van der Waals surface area contributed by atoms with E-state index in [1.54, 1.807) is 12.1 Å². The van der Waals surface area contributed by atoms with Gasteiger partial charge in [-0.25, -0.2) is 4.39 Å². The fraction of sp³-hybridized carbons (Fsp3) is 0.286. The molecule has 2 heterocycles. The third-order valence-electron chi connectivity index (χ3n) is 5.05. The lowest BCUT2D eigenvalue weighted by Gasteiger charge is -2.34. The Bertz CT molecular complexity index is 903. The summed E-state index contributed by atoms with van der Waals surface area (Å²) in [6.07, 6.45) is 3.17. The van der Waals surface area contributed by atoms with E-state index in [9.17, 15) is 9.18 Å². The summed E-state index contributed by atoms with van der Waals surface area (Å²) in [4.78, 5) is 17.7. The minimum Gasteiger partial charge on any atom is -0.361 e. The third-order valence-corrected chi connectivity index (χ3v) is 5.05. The van der Waals surface area contributed by atoms with Gasteiger partial charge < -0.3 is 15.2 Å². The third kappa shape index (κ3) is 3.63. The highest BCUT2D eigenvalue weighted by molar-refractivity contribution is 5.80. The van der Waals surface area contributed by atoms with Crippen LogP contribution in [0.2, 0.25) is 0 Å². The molecule has 1 aliphatic heterocycles. The molecule has 4 nitrogen and oxygen atoms in total. The van der Waals surface area contributed by atoms with Gasteiger partial charge in [-0.1, -0.05) is 18.2 Å². The van der Waals surface area contributed by atoms with Crippen LogP contribution in [0.3, 0.4) is 0 Å². The Kier molecular flexibility index (Phi) is 4.71. The number of piperazine rings is 1. The van der Waals surface area contributed by atoms with E-state index in [1.807, 2.05) is 17.2 Å². The summed E-state index contributed by atoms with van der Waals surface area (Å²) in [5.74, 6) is -0.0651. The number of carbonyl (C=O) groups is 1. The van der Waals surface area contributed by atoms with Crippen LogP contribution in [0, 0.1) is 5.82 Å². The minimum atomic E-state index is -0.239. The van der Waals surface area contributed by atoms with Crippen LogP contribution in [0.5, 0.6) is 0 Å². The normalized spacial score (nSPS) is 17.6. The van der Waals surface area contributed by atoms with Gasteiger partial charge in [0.05, 0.1) is 0 Å². The first-order chi connectivity index (χ1) is 12.7. The van der Waals surface area contributed by atoms with Gasteiger partial charge in [0.2, 0.25) is 5.91 Å². The molecule has 5 heteroatoms. The molecule has 0 spiro atoms. The smallest absolute Gasteiger partial charge is 0.223 e. The van der Waals surface area contributed by atoms with Crippen molar-refractivity contribution in [3.8, 4) is 0 Å². The molecule has 1 atom stereocenters. The second-order valence-electron chi connectivity index (χ2n) is 6.80. The van der Waals surface area contributed by atoms with E-state index >= 15 is 0 Å². The Morgan fingerprint density at radius 3 is 2.85 bits per heavy atom. The molecule has 1 unspecified atom stereocenters. The van der Waals surface area contributed by atoms with Gasteiger partial charge in [-0.05, 0) is 53.3 Å². The number of amides is 1. The van der Waals surface area contributed by atoms with Gasteiger partial charge in [0, 0.05) is 43.8 Å². The number of H-pyrrole nitrogens is 1. The second kappa shape index (κ2) is 7.30. The zero-order valence-electron chi connectivity index (χ0n) is 14.5. The average molecular weight is 351 g/mol. The van der Waals surface area contributed by atoms with Crippen LogP contribution in [0.15, 0.2) is 54.7 Å². The molecular formula is C21H22FN3O. The Balaban J connectivity index is 1.37. The van der Waals surface area contributed by atoms with Crippen LogP contribution < -0.4 is 5.32 Å². The highest BCUT2D eigenvalue weighted by Gasteiger charge is 2.24. The van der Waals surface area contributed by atoms with Crippen molar-refractivity contribution in [2.45, 2.75) is 18.9 Å². The van der Waals surface area contributed by atoms with Crippen molar-refractivity contribution in [2.24, 2.45) is 0 Å². The fourth-order valence-electron chi connectivity index (χ4n) is 3.56. The molecule has 4 rings (SSSR count). The first-order valence-electron chi connectivity index (χ1n) is 9.02. The van der Waals surface area contributed by atoms with Gasteiger partial charge in [0.15, 0.2) is 0 Å². The Morgan fingerprint density at radius 2 is 2.00 bits per heavy atom. The standard InChI is InChI=1S/C21H22FN3O/c22-18-5-3-16(4-6-18)20-14-25(12-11-24-20)21(26)8-2-15-1-7-19-17(13-15)9-10-23-19/h1,3-7,9-10,13,20,23-24H,2,8,11-12,14H2. The lowest BCUT2D eigenvalue weighted by atomic mass is 10.0. The fourth-order valence-corrected chi connectivity index (χ4v) is 3.56. The van der Waals surface area contributed by atoms with Gasteiger partial charge in [0.25, 0.3) is 0 Å².